The topological polar surface area (TPSA) is 106 Å². The largest absolute Gasteiger partial charge is 0.494 e. The minimum atomic E-state index is -0.568. The Hall–Kier alpha value is -2.55. The summed E-state index contributed by atoms with van der Waals surface area (Å²) in [6.07, 6.45) is 0. The summed E-state index contributed by atoms with van der Waals surface area (Å²) in [4.78, 5) is 23.6. The Morgan fingerprint density at radius 2 is 1.88 bits per heavy atom. The number of aromatic nitrogens is 2. The molecular formula is C17H22N4O4S. The van der Waals surface area contributed by atoms with Crippen molar-refractivity contribution < 1.29 is 18.7 Å². The van der Waals surface area contributed by atoms with Crippen LogP contribution in [-0.4, -0.2) is 40.0 Å². The number of nitrogens with zero attached hydrogens (tertiary/aromatic N) is 2. The van der Waals surface area contributed by atoms with Gasteiger partial charge in [-0.3, -0.25) is 10.1 Å². The van der Waals surface area contributed by atoms with E-state index in [4.69, 9.17) is 9.15 Å². The van der Waals surface area contributed by atoms with Crippen molar-refractivity contribution in [3.05, 3.63) is 24.3 Å². The highest BCUT2D eigenvalue weighted by atomic mass is 32.2. The van der Waals surface area contributed by atoms with E-state index in [0.717, 1.165) is 23.1 Å². The maximum absolute atomic E-state index is 12.0. The van der Waals surface area contributed by atoms with Crippen LogP contribution in [0.4, 0.5) is 4.79 Å². The summed E-state index contributed by atoms with van der Waals surface area (Å²) in [5.74, 6) is 0.671. The maximum Gasteiger partial charge on any atom is 0.321 e. The predicted octanol–water partition coefficient (Wildman–Crippen LogP) is 2.85. The number of nitrogens with one attached hydrogen (secondary N) is 2. The highest BCUT2D eigenvalue weighted by Gasteiger charge is 2.20. The van der Waals surface area contributed by atoms with Gasteiger partial charge in [0, 0.05) is 11.6 Å². The SMILES string of the molecule is CCOc1ccc(-c2nnc(S[C@@H](C)C(=O)NC(=O)NC(C)C)o2)cc1. The van der Waals surface area contributed by atoms with E-state index in [1.807, 2.05) is 45.0 Å². The first-order valence-corrected chi connectivity index (χ1v) is 9.11. The maximum atomic E-state index is 12.0. The van der Waals surface area contributed by atoms with Gasteiger partial charge in [-0.2, -0.15) is 0 Å². The van der Waals surface area contributed by atoms with Gasteiger partial charge in [-0.15, -0.1) is 10.2 Å². The number of rotatable bonds is 7. The number of thioether (sulfide) groups is 1. The smallest absolute Gasteiger partial charge is 0.321 e. The number of imide groups is 1. The standard InChI is InChI=1S/C17H22N4O4S/c1-5-24-13-8-6-12(7-9-13)15-20-21-17(25-15)26-11(4)14(22)19-16(23)18-10(2)3/h6-11H,5H2,1-4H3,(H2,18,19,22,23)/t11-/m0/s1. The predicted molar refractivity (Wildman–Crippen MR) is 98.0 cm³/mol. The van der Waals surface area contributed by atoms with Crippen LogP contribution in [0.25, 0.3) is 11.5 Å². The number of carbonyl (C=O) groups is 2. The lowest BCUT2D eigenvalue weighted by molar-refractivity contribution is -0.119. The van der Waals surface area contributed by atoms with Crippen molar-refractivity contribution in [3.63, 3.8) is 0 Å². The highest BCUT2D eigenvalue weighted by Crippen LogP contribution is 2.27. The van der Waals surface area contributed by atoms with E-state index in [1.54, 1.807) is 6.92 Å². The third-order valence-corrected chi connectivity index (χ3v) is 4.06. The molecule has 0 aliphatic carbocycles. The highest BCUT2D eigenvalue weighted by molar-refractivity contribution is 8.00. The monoisotopic (exact) mass is 378 g/mol. The summed E-state index contributed by atoms with van der Waals surface area (Å²) in [6.45, 7) is 7.78. The number of amides is 3. The molecule has 1 aromatic heterocycles. The third kappa shape index (κ3) is 5.76. The van der Waals surface area contributed by atoms with Crippen molar-refractivity contribution in [3.8, 4) is 17.2 Å². The average Bonchev–Trinajstić information content (AvgIpc) is 3.03. The number of urea groups is 1. The fourth-order valence-electron chi connectivity index (χ4n) is 1.95. The minimum Gasteiger partial charge on any atom is -0.494 e. The Balaban J connectivity index is 1.94. The Bertz CT molecular complexity index is 745. The van der Waals surface area contributed by atoms with Crippen LogP contribution in [0.1, 0.15) is 27.7 Å². The van der Waals surface area contributed by atoms with Crippen molar-refractivity contribution in [2.24, 2.45) is 0 Å². The molecule has 0 aliphatic heterocycles. The van der Waals surface area contributed by atoms with Crippen molar-refractivity contribution >= 4 is 23.7 Å². The van der Waals surface area contributed by atoms with E-state index in [1.165, 1.54) is 0 Å². The molecule has 2 rings (SSSR count). The van der Waals surface area contributed by atoms with Crippen LogP contribution >= 0.6 is 11.8 Å². The molecule has 140 valence electrons. The van der Waals surface area contributed by atoms with Crippen LogP contribution in [0.15, 0.2) is 33.9 Å². The molecule has 1 heterocycles. The fourth-order valence-corrected chi connectivity index (χ4v) is 2.63. The van der Waals surface area contributed by atoms with Crippen LogP contribution in [-0.2, 0) is 4.79 Å². The average molecular weight is 378 g/mol. The number of ether oxygens (including phenoxy) is 1. The lowest BCUT2D eigenvalue weighted by Gasteiger charge is -2.11. The number of hydrogen-bond donors (Lipinski definition) is 2. The summed E-state index contributed by atoms with van der Waals surface area (Å²) >= 11 is 1.08. The van der Waals surface area contributed by atoms with Crippen molar-refractivity contribution in [2.45, 2.75) is 44.2 Å². The van der Waals surface area contributed by atoms with E-state index in [-0.39, 0.29) is 11.3 Å². The first-order valence-electron chi connectivity index (χ1n) is 8.23. The van der Waals surface area contributed by atoms with Gasteiger partial charge in [-0.1, -0.05) is 11.8 Å². The molecule has 8 nitrogen and oxygen atoms in total. The van der Waals surface area contributed by atoms with Gasteiger partial charge in [0.1, 0.15) is 5.75 Å². The molecule has 26 heavy (non-hydrogen) atoms. The van der Waals surface area contributed by atoms with E-state index >= 15 is 0 Å². The Kier molecular flexibility index (Phi) is 7.02. The van der Waals surface area contributed by atoms with E-state index in [2.05, 4.69) is 20.8 Å². The zero-order chi connectivity index (χ0) is 19.1. The van der Waals surface area contributed by atoms with Crippen LogP contribution in [0, 0.1) is 0 Å². The van der Waals surface area contributed by atoms with Gasteiger partial charge in [-0.25, -0.2) is 4.79 Å². The summed E-state index contributed by atoms with van der Waals surface area (Å²) in [6, 6.07) is 6.69. The third-order valence-electron chi connectivity index (χ3n) is 3.12. The molecule has 0 bridgehead atoms. The van der Waals surface area contributed by atoms with Crippen LogP contribution in [0.5, 0.6) is 5.75 Å². The first kappa shape index (κ1) is 19.8. The lowest BCUT2D eigenvalue weighted by Crippen LogP contribution is -2.45. The Morgan fingerprint density at radius 1 is 1.19 bits per heavy atom. The van der Waals surface area contributed by atoms with Crippen LogP contribution in [0.2, 0.25) is 0 Å². The van der Waals surface area contributed by atoms with Gasteiger partial charge in [0.05, 0.1) is 11.9 Å². The summed E-state index contributed by atoms with van der Waals surface area (Å²) in [5.41, 5.74) is 0.751. The van der Waals surface area contributed by atoms with Crippen LogP contribution < -0.4 is 15.4 Å². The molecule has 3 amide bonds. The van der Waals surface area contributed by atoms with Crippen molar-refractivity contribution in [1.29, 1.82) is 0 Å². The van der Waals surface area contributed by atoms with Gasteiger partial charge >= 0.3 is 6.03 Å². The molecule has 2 aromatic rings. The second-order valence-electron chi connectivity index (χ2n) is 5.71. The van der Waals surface area contributed by atoms with Crippen LogP contribution in [0.3, 0.4) is 0 Å². The molecule has 9 heteroatoms. The summed E-state index contributed by atoms with van der Waals surface area (Å²) in [5, 5.41) is 12.5. The molecule has 0 saturated carbocycles. The first-order chi connectivity index (χ1) is 12.4. The Morgan fingerprint density at radius 3 is 2.50 bits per heavy atom. The zero-order valence-electron chi connectivity index (χ0n) is 15.1. The number of benzene rings is 1. The van der Waals surface area contributed by atoms with Crippen molar-refractivity contribution in [2.75, 3.05) is 6.61 Å². The number of hydrogen-bond acceptors (Lipinski definition) is 7. The molecular weight excluding hydrogens is 356 g/mol. The van der Waals surface area contributed by atoms with Gasteiger partial charge in [0.15, 0.2) is 0 Å². The molecule has 0 spiro atoms. The quantitative estimate of drug-likeness (QED) is 0.714. The van der Waals surface area contributed by atoms with E-state index in [9.17, 15) is 9.59 Å². The zero-order valence-corrected chi connectivity index (χ0v) is 15.9. The fraction of sp³-hybridized carbons (Fsp3) is 0.412. The second-order valence-corrected chi connectivity index (χ2v) is 7.00. The second kappa shape index (κ2) is 9.23. The van der Waals surface area contributed by atoms with E-state index in [0.29, 0.717) is 12.5 Å². The molecule has 1 aromatic carbocycles. The summed E-state index contributed by atoms with van der Waals surface area (Å²) in [7, 11) is 0. The van der Waals surface area contributed by atoms with Gasteiger partial charge in [0.2, 0.25) is 11.8 Å². The van der Waals surface area contributed by atoms with Crippen molar-refractivity contribution in [1.82, 2.24) is 20.8 Å². The van der Waals surface area contributed by atoms with Gasteiger partial charge in [-0.05, 0) is 52.0 Å². The molecule has 0 fully saturated rings. The molecule has 0 unspecified atom stereocenters. The number of carbonyl (C=O) groups excluding carboxylic acids is 2. The minimum absolute atomic E-state index is 0.0571. The molecule has 0 aliphatic rings. The van der Waals surface area contributed by atoms with Gasteiger partial charge in [0.25, 0.3) is 5.22 Å². The molecule has 0 radical (unpaired) electrons. The molecule has 0 saturated heterocycles. The summed E-state index contributed by atoms with van der Waals surface area (Å²) < 4.78 is 11.0. The Labute approximate surface area is 156 Å². The van der Waals surface area contributed by atoms with E-state index < -0.39 is 17.2 Å². The lowest BCUT2D eigenvalue weighted by atomic mass is 10.2. The van der Waals surface area contributed by atoms with Gasteiger partial charge < -0.3 is 14.5 Å². The molecule has 2 N–H and O–H groups in total. The molecule has 1 atom stereocenters. The normalized spacial score (nSPS) is 11.9.